The van der Waals surface area contributed by atoms with Crippen LogP contribution in [-0.2, 0) is 14.4 Å². The van der Waals surface area contributed by atoms with Crippen LogP contribution in [0.3, 0.4) is 0 Å². The molecule has 1 heterocycles. The minimum absolute atomic E-state index is 0.0109. The highest BCUT2D eigenvalue weighted by Crippen LogP contribution is 1.96. The Bertz CT molecular complexity index is 336. The molecule has 108 valence electrons. The van der Waals surface area contributed by atoms with E-state index in [1.54, 1.807) is 0 Å². The topological polar surface area (TPSA) is 90.5 Å². The fourth-order valence-corrected chi connectivity index (χ4v) is 1.80. The maximum absolute atomic E-state index is 11.8. The van der Waals surface area contributed by atoms with Gasteiger partial charge in [-0.2, -0.15) is 0 Å². The van der Waals surface area contributed by atoms with Crippen molar-refractivity contribution < 1.29 is 14.4 Å². The van der Waals surface area contributed by atoms with Gasteiger partial charge in [0.25, 0.3) is 0 Å². The van der Waals surface area contributed by atoms with Crippen LogP contribution < -0.4 is 16.0 Å². The number of amides is 3. The van der Waals surface area contributed by atoms with Gasteiger partial charge in [-0.3, -0.25) is 14.4 Å². The van der Waals surface area contributed by atoms with Crippen molar-refractivity contribution >= 4 is 17.7 Å². The van der Waals surface area contributed by atoms with Crippen LogP contribution in [0.4, 0.5) is 0 Å². The molecule has 0 atom stereocenters. The van der Waals surface area contributed by atoms with Crippen LogP contribution >= 0.6 is 0 Å². The molecular formula is C12H22N4O3. The molecule has 0 saturated carbocycles. The summed E-state index contributed by atoms with van der Waals surface area (Å²) >= 11 is 0. The van der Waals surface area contributed by atoms with Crippen LogP contribution in [-0.4, -0.2) is 61.4 Å². The molecule has 1 rings (SSSR count). The number of carbonyl (C=O) groups excluding carboxylic acids is 3. The summed E-state index contributed by atoms with van der Waals surface area (Å²) in [5, 5.41) is 8.13. The molecule has 0 aromatic carbocycles. The summed E-state index contributed by atoms with van der Waals surface area (Å²) < 4.78 is 0. The molecule has 0 aromatic rings. The number of carbonyl (C=O) groups is 3. The average molecular weight is 270 g/mol. The Balaban J connectivity index is 2.35. The van der Waals surface area contributed by atoms with E-state index in [1.165, 1.54) is 4.90 Å². The first-order valence-corrected chi connectivity index (χ1v) is 6.58. The SMILES string of the molecule is CC(C)NC(=O)CNC(=O)C(=O)N1CCCNCC1. The van der Waals surface area contributed by atoms with E-state index in [9.17, 15) is 14.4 Å². The minimum Gasteiger partial charge on any atom is -0.352 e. The van der Waals surface area contributed by atoms with E-state index in [0.29, 0.717) is 19.6 Å². The molecule has 1 saturated heterocycles. The Hall–Kier alpha value is -1.63. The van der Waals surface area contributed by atoms with Gasteiger partial charge in [0.15, 0.2) is 0 Å². The van der Waals surface area contributed by atoms with E-state index in [-0.39, 0.29) is 18.5 Å². The Morgan fingerprint density at radius 3 is 2.63 bits per heavy atom. The van der Waals surface area contributed by atoms with Gasteiger partial charge in [-0.15, -0.1) is 0 Å². The van der Waals surface area contributed by atoms with Gasteiger partial charge in [0, 0.05) is 25.7 Å². The largest absolute Gasteiger partial charge is 0.352 e. The summed E-state index contributed by atoms with van der Waals surface area (Å²) in [6, 6.07) is 0.0109. The molecule has 7 nitrogen and oxygen atoms in total. The number of hydrogen-bond acceptors (Lipinski definition) is 4. The van der Waals surface area contributed by atoms with Crippen molar-refractivity contribution in [1.29, 1.82) is 0 Å². The molecule has 0 bridgehead atoms. The first-order chi connectivity index (χ1) is 9.00. The number of nitrogens with zero attached hydrogens (tertiary/aromatic N) is 1. The second-order valence-corrected chi connectivity index (χ2v) is 4.80. The molecule has 19 heavy (non-hydrogen) atoms. The van der Waals surface area contributed by atoms with E-state index in [2.05, 4.69) is 16.0 Å². The fourth-order valence-electron chi connectivity index (χ4n) is 1.80. The quantitative estimate of drug-likeness (QED) is 0.542. The van der Waals surface area contributed by atoms with Gasteiger partial charge < -0.3 is 20.9 Å². The van der Waals surface area contributed by atoms with E-state index in [4.69, 9.17) is 0 Å². The first kappa shape index (κ1) is 15.4. The Morgan fingerprint density at radius 1 is 1.21 bits per heavy atom. The monoisotopic (exact) mass is 270 g/mol. The lowest BCUT2D eigenvalue weighted by Gasteiger charge is -2.19. The van der Waals surface area contributed by atoms with Crippen LogP contribution in [0.2, 0.25) is 0 Å². The lowest BCUT2D eigenvalue weighted by molar-refractivity contribution is -0.146. The Kier molecular flexibility index (Phi) is 6.27. The van der Waals surface area contributed by atoms with Gasteiger partial charge in [0.05, 0.1) is 6.54 Å². The second kappa shape index (κ2) is 7.73. The highest BCUT2D eigenvalue weighted by molar-refractivity contribution is 6.35. The standard InChI is InChI=1S/C12H22N4O3/c1-9(2)15-10(17)8-14-11(18)12(19)16-6-3-4-13-5-7-16/h9,13H,3-8H2,1-2H3,(H,14,18)(H,15,17). The summed E-state index contributed by atoms with van der Waals surface area (Å²) in [7, 11) is 0. The highest BCUT2D eigenvalue weighted by atomic mass is 16.2. The molecule has 1 aliphatic rings. The van der Waals surface area contributed by atoms with E-state index < -0.39 is 11.8 Å². The smallest absolute Gasteiger partial charge is 0.311 e. The summed E-state index contributed by atoms with van der Waals surface area (Å²) in [5.74, 6) is -1.59. The van der Waals surface area contributed by atoms with Gasteiger partial charge in [0.1, 0.15) is 0 Å². The summed E-state index contributed by atoms with van der Waals surface area (Å²) in [5.41, 5.74) is 0. The minimum atomic E-state index is -0.721. The van der Waals surface area contributed by atoms with E-state index in [0.717, 1.165) is 13.0 Å². The van der Waals surface area contributed by atoms with E-state index >= 15 is 0 Å². The zero-order chi connectivity index (χ0) is 14.3. The normalized spacial score (nSPS) is 15.8. The van der Waals surface area contributed by atoms with Crippen LogP contribution in [0.1, 0.15) is 20.3 Å². The third-order valence-electron chi connectivity index (χ3n) is 2.68. The zero-order valence-electron chi connectivity index (χ0n) is 11.5. The van der Waals surface area contributed by atoms with Crippen molar-refractivity contribution in [3.05, 3.63) is 0 Å². The Morgan fingerprint density at radius 2 is 1.95 bits per heavy atom. The van der Waals surface area contributed by atoms with Crippen molar-refractivity contribution in [2.75, 3.05) is 32.7 Å². The third-order valence-corrected chi connectivity index (χ3v) is 2.68. The maximum atomic E-state index is 11.8. The lowest BCUT2D eigenvalue weighted by atomic mass is 10.3. The summed E-state index contributed by atoms with van der Waals surface area (Å²) in [4.78, 5) is 36.3. The molecule has 0 radical (unpaired) electrons. The van der Waals surface area contributed by atoms with Crippen molar-refractivity contribution in [2.45, 2.75) is 26.3 Å². The van der Waals surface area contributed by atoms with Gasteiger partial charge >= 0.3 is 11.8 Å². The van der Waals surface area contributed by atoms with Crippen molar-refractivity contribution in [1.82, 2.24) is 20.9 Å². The lowest BCUT2D eigenvalue weighted by Crippen LogP contribution is -2.47. The van der Waals surface area contributed by atoms with Gasteiger partial charge in [-0.25, -0.2) is 0 Å². The molecule has 1 aliphatic heterocycles. The summed E-state index contributed by atoms with van der Waals surface area (Å²) in [6.45, 7) is 6.11. The second-order valence-electron chi connectivity index (χ2n) is 4.80. The molecule has 0 spiro atoms. The maximum Gasteiger partial charge on any atom is 0.311 e. The van der Waals surface area contributed by atoms with Crippen LogP contribution in [0, 0.1) is 0 Å². The highest BCUT2D eigenvalue weighted by Gasteiger charge is 2.22. The molecule has 7 heteroatoms. The van der Waals surface area contributed by atoms with Gasteiger partial charge in [-0.05, 0) is 26.8 Å². The van der Waals surface area contributed by atoms with Crippen molar-refractivity contribution in [3.8, 4) is 0 Å². The molecule has 0 aromatic heterocycles. The van der Waals surface area contributed by atoms with Crippen LogP contribution in [0.5, 0.6) is 0 Å². The van der Waals surface area contributed by atoms with E-state index in [1.807, 2.05) is 13.8 Å². The van der Waals surface area contributed by atoms with Crippen LogP contribution in [0.25, 0.3) is 0 Å². The number of hydrogen-bond donors (Lipinski definition) is 3. The average Bonchev–Trinajstić information content (AvgIpc) is 2.63. The Labute approximate surface area is 113 Å². The zero-order valence-corrected chi connectivity index (χ0v) is 11.5. The predicted octanol–water partition coefficient (Wildman–Crippen LogP) is -1.55. The third kappa shape index (κ3) is 5.69. The molecule has 0 unspecified atom stereocenters. The molecule has 3 amide bonds. The van der Waals surface area contributed by atoms with Crippen molar-refractivity contribution in [3.63, 3.8) is 0 Å². The van der Waals surface area contributed by atoms with Crippen LogP contribution in [0.15, 0.2) is 0 Å². The number of rotatable bonds is 3. The molecule has 0 aliphatic carbocycles. The number of nitrogens with one attached hydrogen (secondary N) is 3. The van der Waals surface area contributed by atoms with Gasteiger partial charge in [0.2, 0.25) is 5.91 Å². The van der Waals surface area contributed by atoms with Gasteiger partial charge in [-0.1, -0.05) is 0 Å². The predicted molar refractivity (Wildman–Crippen MR) is 70.4 cm³/mol. The first-order valence-electron chi connectivity index (χ1n) is 6.58. The molecule has 1 fully saturated rings. The van der Waals surface area contributed by atoms with Crippen molar-refractivity contribution in [2.24, 2.45) is 0 Å². The molecule has 3 N–H and O–H groups in total. The molecular weight excluding hydrogens is 248 g/mol. The fraction of sp³-hybridized carbons (Fsp3) is 0.750. The summed E-state index contributed by atoms with van der Waals surface area (Å²) in [6.07, 6.45) is 0.826.